The van der Waals surface area contributed by atoms with Crippen molar-refractivity contribution < 1.29 is 14.5 Å². The third-order valence-corrected chi connectivity index (χ3v) is 2.66. The van der Waals surface area contributed by atoms with E-state index >= 15 is 0 Å². The number of hydrogen-bond donors (Lipinski definition) is 3. The van der Waals surface area contributed by atoms with E-state index in [2.05, 4.69) is 15.5 Å². The number of amides is 2. The Morgan fingerprint density at radius 3 is 2.86 bits per heavy atom. The van der Waals surface area contributed by atoms with Crippen LogP contribution in [0.3, 0.4) is 0 Å². The summed E-state index contributed by atoms with van der Waals surface area (Å²) in [5.74, 6) is -1.19. The first kappa shape index (κ1) is 14.9. The molecular formula is C13H11N5O4. The van der Waals surface area contributed by atoms with Crippen molar-refractivity contribution in [2.75, 3.05) is 5.32 Å². The van der Waals surface area contributed by atoms with Crippen LogP contribution in [-0.2, 0) is 4.79 Å². The Hall–Kier alpha value is -3.49. The molecule has 0 aliphatic carbocycles. The zero-order valence-electron chi connectivity index (χ0n) is 11.1. The molecule has 0 radical (unpaired) electrons. The second kappa shape index (κ2) is 6.31. The number of anilines is 1. The summed E-state index contributed by atoms with van der Waals surface area (Å²) in [5.41, 5.74) is 5.58. The average molecular weight is 301 g/mol. The summed E-state index contributed by atoms with van der Waals surface area (Å²) in [4.78, 5) is 32.9. The SMILES string of the molecule is NC(=O)c1cn[nH]c1NC(=O)/C=C/c1cccc([N+](=O)[O-])c1. The number of nitro benzene ring substituents is 1. The standard InChI is InChI=1S/C13H11N5O4/c14-12(20)10-7-15-17-13(10)16-11(19)5-4-8-2-1-3-9(6-8)18(21)22/h1-7H,(H2,14,20)(H2,15,16,17,19)/b5-4+. The summed E-state index contributed by atoms with van der Waals surface area (Å²) in [7, 11) is 0. The van der Waals surface area contributed by atoms with Crippen LogP contribution in [0.2, 0.25) is 0 Å². The number of nitrogens with zero attached hydrogens (tertiary/aromatic N) is 2. The minimum Gasteiger partial charge on any atom is -0.365 e. The van der Waals surface area contributed by atoms with Crippen molar-refractivity contribution >= 4 is 29.4 Å². The second-order valence-electron chi connectivity index (χ2n) is 4.20. The summed E-state index contributed by atoms with van der Waals surface area (Å²) in [6, 6.07) is 5.80. The Morgan fingerprint density at radius 1 is 1.41 bits per heavy atom. The molecule has 1 aromatic heterocycles. The molecule has 22 heavy (non-hydrogen) atoms. The Bertz CT molecular complexity index is 765. The van der Waals surface area contributed by atoms with E-state index in [1.165, 1.54) is 36.5 Å². The number of carbonyl (C=O) groups excluding carboxylic acids is 2. The van der Waals surface area contributed by atoms with Crippen molar-refractivity contribution in [2.45, 2.75) is 0 Å². The Kier molecular flexibility index (Phi) is 4.27. The number of rotatable bonds is 5. The van der Waals surface area contributed by atoms with Crippen molar-refractivity contribution in [1.29, 1.82) is 0 Å². The molecule has 0 unspecified atom stereocenters. The average Bonchev–Trinajstić information content (AvgIpc) is 2.93. The van der Waals surface area contributed by atoms with Gasteiger partial charge in [-0.3, -0.25) is 24.8 Å². The molecule has 0 aliphatic heterocycles. The monoisotopic (exact) mass is 301 g/mol. The fourth-order valence-corrected chi connectivity index (χ4v) is 1.65. The minimum atomic E-state index is -0.730. The number of aromatic nitrogens is 2. The first-order chi connectivity index (χ1) is 10.5. The molecule has 4 N–H and O–H groups in total. The number of non-ortho nitro benzene ring substituents is 1. The van der Waals surface area contributed by atoms with Crippen molar-refractivity contribution in [1.82, 2.24) is 10.2 Å². The normalized spacial score (nSPS) is 10.5. The molecule has 9 nitrogen and oxygen atoms in total. The molecule has 0 saturated carbocycles. The smallest absolute Gasteiger partial charge is 0.270 e. The zero-order chi connectivity index (χ0) is 16.1. The number of aromatic amines is 1. The minimum absolute atomic E-state index is 0.0529. The summed E-state index contributed by atoms with van der Waals surface area (Å²) in [5, 5.41) is 19.1. The number of primary amides is 1. The number of hydrogen-bond acceptors (Lipinski definition) is 5. The van der Waals surface area contributed by atoms with E-state index in [1.54, 1.807) is 6.07 Å². The Balaban J connectivity index is 2.08. The number of benzene rings is 1. The van der Waals surface area contributed by atoms with Crippen LogP contribution in [0.25, 0.3) is 6.08 Å². The van der Waals surface area contributed by atoms with E-state index in [1.807, 2.05) is 0 Å². The van der Waals surface area contributed by atoms with E-state index in [4.69, 9.17) is 5.73 Å². The van der Waals surface area contributed by atoms with Crippen molar-refractivity contribution in [3.05, 3.63) is 57.8 Å². The lowest BCUT2D eigenvalue weighted by atomic mass is 10.2. The molecule has 0 fully saturated rings. The van der Waals surface area contributed by atoms with Gasteiger partial charge in [0.15, 0.2) is 0 Å². The van der Waals surface area contributed by atoms with Gasteiger partial charge in [-0.25, -0.2) is 0 Å². The van der Waals surface area contributed by atoms with E-state index in [-0.39, 0.29) is 17.1 Å². The number of nitrogens with two attached hydrogens (primary N) is 1. The molecule has 0 spiro atoms. The van der Waals surface area contributed by atoms with Gasteiger partial charge in [0.05, 0.1) is 11.1 Å². The molecule has 0 bridgehead atoms. The first-order valence-corrected chi connectivity index (χ1v) is 6.04. The number of nitrogens with one attached hydrogen (secondary N) is 2. The van der Waals surface area contributed by atoms with Crippen LogP contribution in [0.5, 0.6) is 0 Å². The fourth-order valence-electron chi connectivity index (χ4n) is 1.65. The predicted molar refractivity (Wildman–Crippen MR) is 77.9 cm³/mol. The highest BCUT2D eigenvalue weighted by Gasteiger charge is 2.11. The highest BCUT2D eigenvalue weighted by Crippen LogP contribution is 2.14. The second-order valence-corrected chi connectivity index (χ2v) is 4.20. The molecule has 2 amide bonds. The molecule has 0 saturated heterocycles. The summed E-state index contributed by atoms with van der Waals surface area (Å²) >= 11 is 0. The Morgan fingerprint density at radius 2 is 2.18 bits per heavy atom. The van der Waals surface area contributed by atoms with Gasteiger partial charge < -0.3 is 11.1 Å². The van der Waals surface area contributed by atoms with Crippen LogP contribution in [0, 0.1) is 10.1 Å². The van der Waals surface area contributed by atoms with Gasteiger partial charge in [0, 0.05) is 18.2 Å². The predicted octanol–water partition coefficient (Wildman–Crippen LogP) is 1.07. The lowest BCUT2D eigenvalue weighted by Crippen LogP contribution is -2.15. The van der Waals surface area contributed by atoms with Gasteiger partial charge in [0.25, 0.3) is 11.6 Å². The number of H-pyrrole nitrogens is 1. The largest absolute Gasteiger partial charge is 0.365 e. The highest BCUT2D eigenvalue weighted by atomic mass is 16.6. The molecular weight excluding hydrogens is 290 g/mol. The topological polar surface area (TPSA) is 144 Å². The van der Waals surface area contributed by atoms with E-state index in [0.717, 1.165) is 0 Å². The zero-order valence-corrected chi connectivity index (χ0v) is 11.1. The fraction of sp³-hybridized carbons (Fsp3) is 0. The maximum atomic E-state index is 11.7. The molecule has 9 heteroatoms. The quantitative estimate of drug-likeness (QED) is 0.429. The lowest BCUT2D eigenvalue weighted by Gasteiger charge is -2.00. The van der Waals surface area contributed by atoms with Gasteiger partial charge in [0.2, 0.25) is 5.91 Å². The van der Waals surface area contributed by atoms with Gasteiger partial charge >= 0.3 is 0 Å². The van der Waals surface area contributed by atoms with Crippen molar-refractivity contribution in [3.8, 4) is 0 Å². The molecule has 2 rings (SSSR count). The molecule has 112 valence electrons. The molecule has 0 aliphatic rings. The summed E-state index contributed by atoms with van der Waals surface area (Å²) in [6.07, 6.45) is 3.77. The number of nitro groups is 1. The van der Waals surface area contributed by atoms with E-state index < -0.39 is 16.7 Å². The lowest BCUT2D eigenvalue weighted by molar-refractivity contribution is -0.384. The van der Waals surface area contributed by atoms with Crippen LogP contribution in [-0.4, -0.2) is 26.9 Å². The van der Waals surface area contributed by atoms with E-state index in [9.17, 15) is 19.7 Å². The van der Waals surface area contributed by atoms with Gasteiger partial charge in [-0.15, -0.1) is 0 Å². The Labute approximate surface area is 124 Å². The molecule has 0 atom stereocenters. The van der Waals surface area contributed by atoms with Gasteiger partial charge in [-0.05, 0) is 11.6 Å². The van der Waals surface area contributed by atoms with Crippen LogP contribution < -0.4 is 11.1 Å². The van der Waals surface area contributed by atoms with Gasteiger partial charge in [-0.2, -0.15) is 5.10 Å². The summed E-state index contributed by atoms with van der Waals surface area (Å²) < 4.78 is 0. The molecule has 1 heterocycles. The third-order valence-electron chi connectivity index (χ3n) is 2.66. The van der Waals surface area contributed by atoms with Crippen LogP contribution in [0.1, 0.15) is 15.9 Å². The maximum absolute atomic E-state index is 11.7. The van der Waals surface area contributed by atoms with E-state index in [0.29, 0.717) is 5.56 Å². The van der Waals surface area contributed by atoms with Crippen LogP contribution >= 0.6 is 0 Å². The number of carbonyl (C=O) groups is 2. The maximum Gasteiger partial charge on any atom is 0.270 e. The molecule has 1 aromatic carbocycles. The summed E-state index contributed by atoms with van der Waals surface area (Å²) in [6.45, 7) is 0. The highest BCUT2D eigenvalue weighted by molar-refractivity contribution is 6.06. The molecule has 2 aromatic rings. The van der Waals surface area contributed by atoms with Crippen molar-refractivity contribution in [3.63, 3.8) is 0 Å². The van der Waals surface area contributed by atoms with Crippen LogP contribution in [0.15, 0.2) is 36.5 Å². The first-order valence-electron chi connectivity index (χ1n) is 6.04. The van der Waals surface area contributed by atoms with Crippen molar-refractivity contribution in [2.24, 2.45) is 5.73 Å². The van der Waals surface area contributed by atoms with Crippen LogP contribution in [0.4, 0.5) is 11.5 Å². The van der Waals surface area contributed by atoms with Gasteiger partial charge in [0.1, 0.15) is 11.4 Å². The van der Waals surface area contributed by atoms with Gasteiger partial charge in [-0.1, -0.05) is 12.1 Å². The third kappa shape index (κ3) is 3.54.